The average Bonchev–Trinajstić information content (AvgIpc) is 1.69. The third kappa shape index (κ3) is 6.22. The molecule has 7 heavy (non-hydrogen) atoms. The fourth-order valence-electron chi connectivity index (χ4n) is 0.598. The topological polar surface area (TPSA) is 0 Å². The SMILES string of the molecule is CCCCC[SiH]C. The highest BCUT2D eigenvalue weighted by molar-refractivity contribution is 6.33. The zero-order valence-electron chi connectivity index (χ0n) is 5.41. The molecule has 0 aliphatic heterocycles. The van der Waals surface area contributed by atoms with Crippen LogP contribution in [-0.2, 0) is 0 Å². The summed E-state index contributed by atoms with van der Waals surface area (Å²) >= 11 is 0. The van der Waals surface area contributed by atoms with E-state index in [-0.39, 0.29) is 0 Å². The summed E-state index contributed by atoms with van der Waals surface area (Å²) in [4.78, 5) is 0. The van der Waals surface area contributed by atoms with Gasteiger partial charge in [0.2, 0.25) is 0 Å². The van der Waals surface area contributed by atoms with Gasteiger partial charge in [-0.3, -0.25) is 0 Å². The lowest BCUT2D eigenvalue weighted by Crippen LogP contribution is -1.79. The van der Waals surface area contributed by atoms with Gasteiger partial charge in [-0.2, -0.15) is 0 Å². The molecule has 0 aromatic carbocycles. The molecule has 1 radical (unpaired) electrons. The highest BCUT2D eigenvalue weighted by atomic mass is 28.2. The lowest BCUT2D eigenvalue weighted by atomic mass is 10.3. The smallest absolute Gasteiger partial charge is 0.0246 e. The first-order valence-corrected chi connectivity index (χ1v) is 5.16. The summed E-state index contributed by atoms with van der Waals surface area (Å²) in [6, 6.07) is 1.51. The zero-order chi connectivity index (χ0) is 5.54. The summed E-state index contributed by atoms with van der Waals surface area (Å²) in [5, 5.41) is 0. The van der Waals surface area contributed by atoms with Crippen LogP contribution in [0, 0.1) is 0 Å². The van der Waals surface area contributed by atoms with E-state index in [2.05, 4.69) is 13.5 Å². The summed E-state index contributed by atoms with van der Waals surface area (Å²) in [6.45, 7) is 4.58. The zero-order valence-corrected chi connectivity index (χ0v) is 6.56. The van der Waals surface area contributed by atoms with Crippen molar-refractivity contribution < 1.29 is 0 Å². The molecule has 0 bridgehead atoms. The Hall–Kier alpha value is 0.217. The van der Waals surface area contributed by atoms with Gasteiger partial charge in [0.15, 0.2) is 0 Å². The van der Waals surface area contributed by atoms with Gasteiger partial charge >= 0.3 is 0 Å². The molecule has 0 N–H and O–H groups in total. The van der Waals surface area contributed by atoms with Crippen molar-refractivity contribution in [2.24, 2.45) is 0 Å². The summed E-state index contributed by atoms with van der Waals surface area (Å²) in [5.41, 5.74) is 0. The van der Waals surface area contributed by atoms with Gasteiger partial charge in [0, 0.05) is 9.52 Å². The van der Waals surface area contributed by atoms with Crippen LogP contribution in [0.5, 0.6) is 0 Å². The number of unbranched alkanes of at least 4 members (excludes halogenated alkanes) is 2. The second-order valence-corrected chi connectivity index (χ2v) is 3.30. The quantitative estimate of drug-likeness (QED) is 0.389. The van der Waals surface area contributed by atoms with E-state index in [4.69, 9.17) is 0 Å². The molecular formula is C6H15Si. The monoisotopic (exact) mass is 115 g/mol. The van der Waals surface area contributed by atoms with E-state index in [1.165, 1.54) is 25.3 Å². The largest absolute Gasteiger partial charge is 0.0741 e. The first kappa shape index (κ1) is 7.22. The van der Waals surface area contributed by atoms with Gasteiger partial charge in [0.1, 0.15) is 0 Å². The maximum atomic E-state index is 2.33. The Morgan fingerprint density at radius 2 is 2.00 bits per heavy atom. The minimum Gasteiger partial charge on any atom is -0.0741 e. The second-order valence-electron chi connectivity index (χ2n) is 1.90. The van der Waals surface area contributed by atoms with Gasteiger partial charge < -0.3 is 0 Å². The lowest BCUT2D eigenvalue weighted by Gasteiger charge is -1.90. The van der Waals surface area contributed by atoms with E-state index in [0.717, 1.165) is 9.52 Å². The van der Waals surface area contributed by atoms with Crippen LogP contribution in [0.3, 0.4) is 0 Å². The highest BCUT2D eigenvalue weighted by Gasteiger charge is 1.80. The highest BCUT2D eigenvalue weighted by Crippen LogP contribution is 1.97. The molecule has 0 aliphatic rings. The van der Waals surface area contributed by atoms with Crippen molar-refractivity contribution >= 4 is 9.52 Å². The second kappa shape index (κ2) is 6.22. The van der Waals surface area contributed by atoms with Crippen molar-refractivity contribution in [3.63, 3.8) is 0 Å². The predicted octanol–water partition coefficient (Wildman–Crippen LogP) is 2.08. The number of hydrogen-bond donors (Lipinski definition) is 0. The van der Waals surface area contributed by atoms with Crippen LogP contribution in [0.4, 0.5) is 0 Å². The summed E-state index contributed by atoms with van der Waals surface area (Å²) in [7, 11) is 0.781. The van der Waals surface area contributed by atoms with Crippen LogP contribution < -0.4 is 0 Å². The van der Waals surface area contributed by atoms with Crippen LogP contribution in [0.2, 0.25) is 12.6 Å². The van der Waals surface area contributed by atoms with Gasteiger partial charge in [-0.1, -0.05) is 38.8 Å². The molecule has 0 aliphatic carbocycles. The molecule has 0 amide bonds. The molecule has 43 valence electrons. The van der Waals surface area contributed by atoms with E-state index in [1.54, 1.807) is 0 Å². The Balaban J connectivity index is 2.45. The molecule has 0 heterocycles. The van der Waals surface area contributed by atoms with E-state index >= 15 is 0 Å². The molecule has 0 aromatic heterocycles. The normalized spacial score (nSPS) is 9.43. The average molecular weight is 115 g/mol. The van der Waals surface area contributed by atoms with Crippen molar-refractivity contribution in [1.82, 2.24) is 0 Å². The van der Waals surface area contributed by atoms with Crippen molar-refractivity contribution in [2.45, 2.75) is 38.8 Å². The molecule has 0 nitrogen and oxygen atoms in total. The van der Waals surface area contributed by atoms with Gasteiger partial charge in [-0.25, -0.2) is 0 Å². The molecule has 0 fully saturated rings. The van der Waals surface area contributed by atoms with E-state index in [1.807, 2.05) is 0 Å². The molecule has 0 atom stereocenters. The van der Waals surface area contributed by atoms with Gasteiger partial charge in [0.25, 0.3) is 0 Å². The molecule has 0 saturated carbocycles. The van der Waals surface area contributed by atoms with Crippen molar-refractivity contribution in [2.75, 3.05) is 0 Å². The van der Waals surface area contributed by atoms with Crippen molar-refractivity contribution in [1.29, 1.82) is 0 Å². The maximum Gasteiger partial charge on any atom is 0.0246 e. The molecular weight excluding hydrogens is 100 g/mol. The van der Waals surface area contributed by atoms with E-state index < -0.39 is 0 Å². The lowest BCUT2D eigenvalue weighted by molar-refractivity contribution is 0.769. The Morgan fingerprint density at radius 1 is 1.29 bits per heavy atom. The Labute approximate surface area is 49.1 Å². The fourth-order valence-corrected chi connectivity index (χ4v) is 1.30. The minimum atomic E-state index is 0.781. The number of hydrogen-bond acceptors (Lipinski definition) is 0. The van der Waals surface area contributed by atoms with Crippen LogP contribution in [0.1, 0.15) is 26.2 Å². The predicted molar refractivity (Wildman–Crippen MR) is 37.3 cm³/mol. The van der Waals surface area contributed by atoms with Crippen LogP contribution >= 0.6 is 0 Å². The van der Waals surface area contributed by atoms with E-state index in [0.29, 0.717) is 0 Å². The van der Waals surface area contributed by atoms with Crippen LogP contribution in [0.25, 0.3) is 0 Å². The van der Waals surface area contributed by atoms with Gasteiger partial charge in [0.05, 0.1) is 0 Å². The molecule has 1 heteroatoms. The maximum absolute atomic E-state index is 2.33. The molecule has 0 aromatic rings. The van der Waals surface area contributed by atoms with Crippen molar-refractivity contribution in [3.05, 3.63) is 0 Å². The van der Waals surface area contributed by atoms with E-state index in [9.17, 15) is 0 Å². The Kier molecular flexibility index (Phi) is 6.41. The fraction of sp³-hybridized carbons (Fsp3) is 1.00. The van der Waals surface area contributed by atoms with Gasteiger partial charge in [-0.05, 0) is 0 Å². The summed E-state index contributed by atoms with van der Waals surface area (Å²) in [6.07, 6.45) is 4.29. The molecule has 0 rings (SSSR count). The molecule has 0 saturated heterocycles. The standard InChI is InChI=1S/C6H15Si/c1-3-4-5-6-7-2/h7H,3-6H2,1-2H3. The number of rotatable bonds is 4. The molecule has 0 unspecified atom stereocenters. The van der Waals surface area contributed by atoms with Crippen LogP contribution in [-0.4, -0.2) is 9.52 Å². The minimum absolute atomic E-state index is 0.781. The van der Waals surface area contributed by atoms with Gasteiger partial charge in [-0.15, -0.1) is 0 Å². The summed E-state index contributed by atoms with van der Waals surface area (Å²) < 4.78 is 0. The third-order valence-corrected chi connectivity index (χ3v) is 2.08. The molecule has 0 spiro atoms. The van der Waals surface area contributed by atoms with Crippen LogP contribution in [0.15, 0.2) is 0 Å². The third-order valence-electron chi connectivity index (χ3n) is 1.10. The van der Waals surface area contributed by atoms with Crippen molar-refractivity contribution in [3.8, 4) is 0 Å². The first-order chi connectivity index (χ1) is 3.41. The Bertz CT molecular complexity index is 23.4. The first-order valence-electron chi connectivity index (χ1n) is 3.19. The Morgan fingerprint density at radius 3 is 2.43 bits per heavy atom. The summed E-state index contributed by atoms with van der Waals surface area (Å²) in [5.74, 6) is 0.